The molecule has 1 unspecified atom stereocenters. The number of pyridine rings is 1. The van der Waals surface area contributed by atoms with Gasteiger partial charge in [-0.15, -0.1) is 0 Å². The van der Waals surface area contributed by atoms with Crippen LogP contribution in [0.4, 0.5) is 0 Å². The van der Waals surface area contributed by atoms with Crippen molar-refractivity contribution in [2.24, 2.45) is 0 Å². The van der Waals surface area contributed by atoms with Gasteiger partial charge >= 0.3 is 0 Å². The predicted molar refractivity (Wildman–Crippen MR) is 87.0 cm³/mol. The Morgan fingerprint density at radius 2 is 1.95 bits per heavy atom. The molecule has 0 bridgehead atoms. The van der Waals surface area contributed by atoms with Gasteiger partial charge in [0.05, 0.1) is 12.6 Å². The van der Waals surface area contributed by atoms with E-state index in [1.54, 1.807) is 12.1 Å². The Kier molecular flexibility index (Phi) is 5.85. The SMILES string of the molecule is CN(Cc1ccc(Cl)nc1Cl)C(CO)c1cccc(Cl)c1. The van der Waals surface area contributed by atoms with Crippen LogP contribution in [0.3, 0.4) is 0 Å². The molecule has 2 rings (SSSR count). The van der Waals surface area contributed by atoms with Crippen LogP contribution in [-0.2, 0) is 6.54 Å². The minimum absolute atomic E-state index is 0.0184. The molecule has 1 aromatic carbocycles. The Morgan fingerprint density at radius 1 is 1.19 bits per heavy atom. The van der Waals surface area contributed by atoms with Crippen LogP contribution in [0.2, 0.25) is 15.3 Å². The van der Waals surface area contributed by atoms with Crippen molar-refractivity contribution in [1.29, 1.82) is 0 Å². The van der Waals surface area contributed by atoms with Gasteiger partial charge in [-0.2, -0.15) is 0 Å². The number of likely N-dealkylation sites (N-methyl/N-ethyl adjacent to an activating group) is 1. The van der Waals surface area contributed by atoms with Gasteiger partial charge in [0.15, 0.2) is 0 Å². The number of aromatic nitrogens is 1. The van der Waals surface area contributed by atoms with E-state index in [0.29, 0.717) is 21.9 Å². The number of halogens is 3. The average Bonchev–Trinajstić information content (AvgIpc) is 2.43. The highest BCUT2D eigenvalue weighted by Crippen LogP contribution is 2.25. The summed E-state index contributed by atoms with van der Waals surface area (Å²) in [5.41, 5.74) is 1.80. The normalized spacial score (nSPS) is 12.7. The molecule has 0 spiro atoms. The summed E-state index contributed by atoms with van der Waals surface area (Å²) in [5.74, 6) is 0. The Labute approximate surface area is 139 Å². The minimum atomic E-state index is -0.171. The first-order chi connectivity index (χ1) is 10.0. The number of rotatable bonds is 5. The summed E-state index contributed by atoms with van der Waals surface area (Å²) in [6.07, 6.45) is 0. The maximum absolute atomic E-state index is 9.68. The van der Waals surface area contributed by atoms with Crippen molar-refractivity contribution >= 4 is 34.8 Å². The summed E-state index contributed by atoms with van der Waals surface area (Å²) < 4.78 is 0. The first kappa shape index (κ1) is 16.5. The molecule has 1 atom stereocenters. The summed E-state index contributed by atoms with van der Waals surface area (Å²) >= 11 is 17.9. The second-order valence-electron chi connectivity index (χ2n) is 4.75. The lowest BCUT2D eigenvalue weighted by atomic mass is 10.1. The first-order valence-corrected chi connectivity index (χ1v) is 7.52. The number of hydrogen-bond acceptors (Lipinski definition) is 3. The molecule has 1 N–H and O–H groups in total. The molecule has 0 aliphatic carbocycles. The highest BCUT2D eigenvalue weighted by Gasteiger charge is 2.18. The van der Waals surface area contributed by atoms with Crippen LogP contribution < -0.4 is 0 Å². The monoisotopic (exact) mass is 344 g/mol. The zero-order valence-electron chi connectivity index (χ0n) is 11.4. The number of nitrogens with zero attached hydrogens (tertiary/aromatic N) is 2. The van der Waals surface area contributed by atoms with Crippen molar-refractivity contribution in [3.63, 3.8) is 0 Å². The topological polar surface area (TPSA) is 36.4 Å². The zero-order valence-corrected chi connectivity index (χ0v) is 13.7. The number of hydrogen-bond donors (Lipinski definition) is 1. The molecule has 0 amide bonds. The lowest BCUT2D eigenvalue weighted by Crippen LogP contribution is -2.27. The van der Waals surface area contributed by atoms with Crippen molar-refractivity contribution in [3.8, 4) is 0 Å². The Balaban J connectivity index is 2.18. The predicted octanol–water partition coefficient (Wildman–Crippen LogP) is 4.21. The molecule has 21 heavy (non-hydrogen) atoms. The quantitative estimate of drug-likeness (QED) is 0.825. The van der Waals surface area contributed by atoms with Gasteiger partial charge in [-0.05, 0) is 30.8 Å². The van der Waals surface area contributed by atoms with Crippen LogP contribution in [-0.4, -0.2) is 28.6 Å². The molecule has 0 saturated carbocycles. The van der Waals surface area contributed by atoms with Crippen LogP contribution in [0, 0.1) is 0 Å². The van der Waals surface area contributed by atoms with Crippen LogP contribution >= 0.6 is 34.8 Å². The van der Waals surface area contributed by atoms with Gasteiger partial charge in [0.25, 0.3) is 0 Å². The standard InChI is InChI=1S/C15H15Cl3N2O/c1-20(8-11-5-6-14(17)19-15(11)18)13(9-21)10-3-2-4-12(16)7-10/h2-7,13,21H,8-9H2,1H3. The molecule has 1 aromatic heterocycles. The molecule has 2 aromatic rings. The van der Waals surface area contributed by atoms with E-state index in [0.717, 1.165) is 11.1 Å². The van der Waals surface area contributed by atoms with Crippen molar-refractivity contribution in [2.45, 2.75) is 12.6 Å². The molecule has 3 nitrogen and oxygen atoms in total. The Morgan fingerprint density at radius 3 is 2.57 bits per heavy atom. The molecule has 0 saturated heterocycles. The third-order valence-electron chi connectivity index (χ3n) is 3.25. The first-order valence-electron chi connectivity index (χ1n) is 6.38. The average molecular weight is 346 g/mol. The van der Waals surface area contributed by atoms with Crippen molar-refractivity contribution in [2.75, 3.05) is 13.7 Å². The van der Waals surface area contributed by atoms with Crippen molar-refractivity contribution in [3.05, 3.63) is 62.9 Å². The Bertz CT molecular complexity index is 622. The maximum atomic E-state index is 9.68. The van der Waals surface area contributed by atoms with Gasteiger partial charge in [0.1, 0.15) is 10.3 Å². The highest BCUT2D eigenvalue weighted by atomic mass is 35.5. The number of benzene rings is 1. The van der Waals surface area contributed by atoms with E-state index in [9.17, 15) is 5.11 Å². The van der Waals surface area contributed by atoms with Gasteiger partial charge in [0.2, 0.25) is 0 Å². The van der Waals surface area contributed by atoms with E-state index < -0.39 is 0 Å². The van der Waals surface area contributed by atoms with Crippen LogP contribution in [0.25, 0.3) is 0 Å². The number of aliphatic hydroxyl groups is 1. The summed E-state index contributed by atoms with van der Waals surface area (Å²) in [5, 5.41) is 11.1. The van der Waals surface area contributed by atoms with E-state index in [1.807, 2.05) is 36.2 Å². The summed E-state index contributed by atoms with van der Waals surface area (Å²) in [6, 6.07) is 10.8. The molecule has 0 fully saturated rings. The van der Waals surface area contributed by atoms with E-state index >= 15 is 0 Å². The van der Waals surface area contributed by atoms with E-state index in [1.165, 1.54) is 0 Å². The van der Waals surface area contributed by atoms with Crippen LogP contribution in [0.1, 0.15) is 17.2 Å². The maximum Gasteiger partial charge on any atom is 0.135 e. The molecule has 1 heterocycles. The third kappa shape index (κ3) is 4.31. The van der Waals surface area contributed by atoms with Gasteiger partial charge in [-0.3, -0.25) is 4.90 Å². The molecule has 0 aliphatic rings. The molecular weight excluding hydrogens is 331 g/mol. The highest BCUT2D eigenvalue weighted by molar-refractivity contribution is 6.32. The van der Waals surface area contributed by atoms with Crippen molar-refractivity contribution < 1.29 is 5.11 Å². The second kappa shape index (κ2) is 7.43. The van der Waals surface area contributed by atoms with Crippen LogP contribution in [0.15, 0.2) is 36.4 Å². The third-order valence-corrected chi connectivity index (χ3v) is 4.02. The largest absolute Gasteiger partial charge is 0.394 e. The zero-order chi connectivity index (χ0) is 15.4. The van der Waals surface area contributed by atoms with E-state index in [4.69, 9.17) is 34.8 Å². The van der Waals surface area contributed by atoms with Gasteiger partial charge in [-0.25, -0.2) is 4.98 Å². The lowest BCUT2D eigenvalue weighted by Gasteiger charge is -2.27. The summed E-state index contributed by atoms with van der Waals surface area (Å²) in [6.45, 7) is 0.524. The lowest BCUT2D eigenvalue weighted by molar-refractivity contribution is 0.142. The summed E-state index contributed by atoms with van der Waals surface area (Å²) in [4.78, 5) is 6.01. The van der Waals surface area contributed by atoms with Gasteiger partial charge in [0, 0.05) is 17.1 Å². The molecule has 112 valence electrons. The fraction of sp³-hybridized carbons (Fsp3) is 0.267. The molecule has 0 radical (unpaired) electrons. The van der Waals surface area contributed by atoms with Crippen LogP contribution in [0.5, 0.6) is 0 Å². The fourth-order valence-electron chi connectivity index (χ4n) is 2.15. The smallest absolute Gasteiger partial charge is 0.135 e. The van der Waals surface area contributed by atoms with Gasteiger partial charge < -0.3 is 5.11 Å². The molecule has 0 aliphatic heterocycles. The molecule has 6 heteroatoms. The second-order valence-corrected chi connectivity index (χ2v) is 5.93. The number of aliphatic hydroxyl groups excluding tert-OH is 1. The van der Waals surface area contributed by atoms with Crippen molar-refractivity contribution in [1.82, 2.24) is 9.88 Å². The molecular formula is C15H15Cl3N2O. The Hall–Kier alpha value is -0.840. The fourth-order valence-corrected chi connectivity index (χ4v) is 2.75. The van der Waals surface area contributed by atoms with E-state index in [-0.39, 0.29) is 12.6 Å². The van der Waals surface area contributed by atoms with E-state index in [2.05, 4.69) is 4.98 Å². The summed E-state index contributed by atoms with van der Waals surface area (Å²) in [7, 11) is 1.91. The minimum Gasteiger partial charge on any atom is -0.394 e. The van der Waals surface area contributed by atoms with Gasteiger partial charge in [-0.1, -0.05) is 53.0 Å².